The van der Waals surface area contributed by atoms with E-state index in [1.165, 1.54) is 12.8 Å². The van der Waals surface area contributed by atoms with Crippen LogP contribution in [0.3, 0.4) is 0 Å². The topological polar surface area (TPSA) is 64.3 Å². The summed E-state index contributed by atoms with van der Waals surface area (Å²) in [5.41, 5.74) is 6.16. The molecule has 5 heteroatoms. The average molecular weight is 255 g/mol. The summed E-state index contributed by atoms with van der Waals surface area (Å²) < 4.78 is 5.31. The Morgan fingerprint density at radius 2 is 2.29 bits per heavy atom. The van der Waals surface area contributed by atoms with Gasteiger partial charge in [0.15, 0.2) is 6.61 Å². The molecule has 0 unspecified atom stereocenters. The lowest BCUT2D eigenvalue weighted by atomic mass is 10.3. The number of nitrogen functional groups attached to an aromatic ring is 1. The first-order valence-corrected chi connectivity index (χ1v) is 5.97. The van der Waals surface area contributed by atoms with Gasteiger partial charge in [0.25, 0.3) is 5.91 Å². The molecule has 0 aliphatic heterocycles. The summed E-state index contributed by atoms with van der Waals surface area (Å²) in [4.78, 5) is 11.4. The molecule has 0 radical (unpaired) electrons. The van der Waals surface area contributed by atoms with E-state index >= 15 is 0 Å². The molecule has 1 aliphatic rings. The number of ether oxygens (including phenoxy) is 1. The number of halogens is 1. The second kappa shape index (κ2) is 5.27. The standard InChI is InChI=1S/C12H15ClN2O2/c13-10-4-3-9(14)5-11(10)17-7-12(16)15-6-8-1-2-8/h3-5,8H,1-2,6-7,14H2,(H,15,16). The van der Waals surface area contributed by atoms with Crippen LogP contribution in [-0.2, 0) is 4.79 Å². The Bertz CT molecular complexity index is 419. The van der Waals surface area contributed by atoms with Crippen LogP contribution >= 0.6 is 11.6 Å². The fourth-order valence-electron chi connectivity index (χ4n) is 1.41. The number of hydrogen-bond acceptors (Lipinski definition) is 3. The summed E-state index contributed by atoms with van der Waals surface area (Å²) in [6, 6.07) is 4.94. The smallest absolute Gasteiger partial charge is 0.257 e. The van der Waals surface area contributed by atoms with Crippen LogP contribution in [0.15, 0.2) is 18.2 Å². The van der Waals surface area contributed by atoms with Gasteiger partial charge in [-0.15, -0.1) is 0 Å². The maximum absolute atomic E-state index is 11.4. The third-order valence-electron chi connectivity index (χ3n) is 2.60. The van der Waals surface area contributed by atoms with E-state index in [2.05, 4.69) is 5.32 Å². The summed E-state index contributed by atoms with van der Waals surface area (Å²) in [5, 5.41) is 3.26. The summed E-state index contributed by atoms with van der Waals surface area (Å²) in [6.07, 6.45) is 2.42. The number of nitrogens with two attached hydrogens (primary N) is 1. The van der Waals surface area contributed by atoms with E-state index in [0.717, 1.165) is 6.54 Å². The number of amides is 1. The molecule has 1 aromatic carbocycles. The lowest BCUT2D eigenvalue weighted by Crippen LogP contribution is -2.30. The predicted octanol–water partition coefficient (Wildman–Crippen LogP) is 1.83. The Hall–Kier alpha value is -1.42. The Morgan fingerprint density at radius 1 is 1.53 bits per heavy atom. The SMILES string of the molecule is Nc1ccc(Cl)c(OCC(=O)NCC2CC2)c1. The van der Waals surface area contributed by atoms with Gasteiger partial charge in [-0.05, 0) is 30.9 Å². The van der Waals surface area contributed by atoms with Crippen LogP contribution < -0.4 is 15.8 Å². The minimum absolute atomic E-state index is 0.0319. The van der Waals surface area contributed by atoms with Gasteiger partial charge >= 0.3 is 0 Å². The zero-order valence-corrected chi connectivity index (χ0v) is 10.2. The number of benzene rings is 1. The molecule has 1 aromatic rings. The largest absolute Gasteiger partial charge is 0.482 e. The number of nitrogens with one attached hydrogen (secondary N) is 1. The Balaban J connectivity index is 1.79. The zero-order valence-electron chi connectivity index (χ0n) is 9.41. The number of carbonyl (C=O) groups is 1. The fraction of sp³-hybridized carbons (Fsp3) is 0.417. The van der Waals surface area contributed by atoms with Gasteiger partial charge in [0, 0.05) is 18.3 Å². The monoisotopic (exact) mass is 254 g/mol. The quantitative estimate of drug-likeness (QED) is 0.788. The van der Waals surface area contributed by atoms with Crippen molar-refractivity contribution in [3.05, 3.63) is 23.2 Å². The molecule has 1 amide bonds. The molecule has 0 spiro atoms. The maximum Gasteiger partial charge on any atom is 0.257 e. The molecule has 1 saturated carbocycles. The van der Waals surface area contributed by atoms with E-state index in [4.69, 9.17) is 22.1 Å². The van der Waals surface area contributed by atoms with Gasteiger partial charge < -0.3 is 15.8 Å². The van der Waals surface area contributed by atoms with Crippen molar-refractivity contribution in [1.82, 2.24) is 5.32 Å². The highest BCUT2D eigenvalue weighted by Crippen LogP contribution is 2.28. The minimum Gasteiger partial charge on any atom is -0.482 e. The second-order valence-electron chi connectivity index (χ2n) is 4.23. The molecule has 2 rings (SSSR count). The fourth-order valence-corrected chi connectivity index (χ4v) is 1.58. The van der Waals surface area contributed by atoms with E-state index < -0.39 is 0 Å². The molecule has 0 bridgehead atoms. The van der Waals surface area contributed by atoms with Gasteiger partial charge in [-0.25, -0.2) is 0 Å². The van der Waals surface area contributed by atoms with E-state index in [0.29, 0.717) is 22.4 Å². The van der Waals surface area contributed by atoms with Gasteiger partial charge in [-0.1, -0.05) is 11.6 Å². The van der Waals surface area contributed by atoms with Gasteiger partial charge in [0.05, 0.1) is 5.02 Å². The molecule has 0 heterocycles. The van der Waals surface area contributed by atoms with Crippen molar-refractivity contribution in [3.8, 4) is 5.75 Å². The Kier molecular flexibility index (Phi) is 3.74. The first-order chi connectivity index (χ1) is 8.15. The van der Waals surface area contributed by atoms with Crippen LogP contribution in [0.4, 0.5) is 5.69 Å². The molecule has 1 aliphatic carbocycles. The summed E-state index contributed by atoms with van der Waals surface area (Å²) in [7, 11) is 0. The first-order valence-electron chi connectivity index (χ1n) is 5.59. The first kappa shape index (κ1) is 12.0. The van der Waals surface area contributed by atoms with E-state index in [1.807, 2.05) is 0 Å². The van der Waals surface area contributed by atoms with Crippen molar-refractivity contribution in [2.75, 3.05) is 18.9 Å². The third-order valence-corrected chi connectivity index (χ3v) is 2.91. The van der Waals surface area contributed by atoms with E-state index in [9.17, 15) is 4.79 Å². The van der Waals surface area contributed by atoms with Crippen molar-refractivity contribution >= 4 is 23.2 Å². The summed E-state index contributed by atoms with van der Waals surface area (Å²) >= 11 is 5.90. The molecular formula is C12H15ClN2O2. The van der Waals surface area contributed by atoms with Gasteiger partial charge in [0.1, 0.15) is 5.75 Å². The van der Waals surface area contributed by atoms with Crippen LogP contribution in [0.25, 0.3) is 0 Å². The highest BCUT2D eigenvalue weighted by Gasteiger charge is 2.21. The highest BCUT2D eigenvalue weighted by molar-refractivity contribution is 6.32. The molecule has 0 saturated heterocycles. The molecule has 17 heavy (non-hydrogen) atoms. The van der Waals surface area contributed by atoms with E-state index in [1.54, 1.807) is 18.2 Å². The number of hydrogen-bond donors (Lipinski definition) is 2. The molecule has 0 aromatic heterocycles. The summed E-state index contributed by atoms with van der Waals surface area (Å²) in [6.45, 7) is 0.711. The van der Waals surface area contributed by atoms with Crippen LogP contribution in [0, 0.1) is 5.92 Å². The number of anilines is 1. The minimum atomic E-state index is -0.129. The lowest BCUT2D eigenvalue weighted by Gasteiger charge is -2.09. The molecule has 4 nitrogen and oxygen atoms in total. The van der Waals surface area contributed by atoms with Crippen molar-refractivity contribution in [3.63, 3.8) is 0 Å². The van der Waals surface area contributed by atoms with Gasteiger partial charge in [-0.2, -0.15) is 0 Å². The molecule has 92 valence electrons. The van der Waals surface area contributed by atoms with Gasteiger partial charge in [-0.3, -0.25) is 4.79 Å². The van der Waals surface area contributed by atoms with Crippen molar-refractivity contribution in [2.45, 2.75) is 12.8 Å². The van der Waals surface area contributed by atoms with Crippen molar-refractivity contribution in [2.24, 2.45) is 5.92 Å². The zero-order chi connectivity index (χ0) is 12.3. The summed E-state index contributed by atoms with van der Waals surface area (Å²) in [5.74, 6) is 0.971. The Morgan fingerprint density at radius 3 is 3.00 bits per heavy atom. The number of carbonyl (C=O) groups excluding carboxylic acids is 1. The van der Waals surface area contributed by atoms with Gasteiger partial charge in [0.2, 0.25) is 0 Å². The van der Waals surface area contributed by atoms with E-state index in [-0.39, 0.29) is 12.5 Å². The molecule has 0 atom stereocenters. The average Bonchev–Trinajstić information content (AvgIpc) is 3.11. The predicted molar refractivity (Wildman–Crippen MR) is 67.1 cm³/mol. The highest BCUT2D eigenvalue weighted by atomic mass is 35.5. The molecular weight excluding hydrogens is 240 g/mol. The maximum atomic E-state index is 11.4. The molecule has 3 N–H and O–H groups in total. The van der Waals surface area contributed by atoms with Crippen molar-refractivity contribution in [1.29, 1.82) is 0 Å². The van der Waals surface area contributed by atoms with Crippen LogP contribution in [0.5, 0.6) is 5.75 Å². The third kappa shape index (κ3) is 3.82. The van der Waals surface area contributed by atoms with Crippen LogP contribution in [-0.4, -0.2) is 19.1 Å². The second-order valence-corrected chi connectivity index (χ2v) is 4.63. The van der Waals surface area contributed by atoms with Crippen LogP contribution in [0.2, 0.25) is 5.02 Å². The number of rotatable bonds is 5. The molecule has 1 fully saturated rings. The van der Waals surface area contributed by atoms with Crippen LogP contribution in [0.1, 0.15) is 12.8 Å². The normalized spacial score (nSPS) is 14.4. The van der Waals surface area contributed by atoms with Crippen molar-refractivity contribution < 1.29 is 9.53 Å². The Labute approximate surface area is 105 Å². The lowest BCUT2D eigenvalue weighted by molar-refractivity contribution is -0.123.